The van der Waals surface area contributed by atoms with Crippen LogP contribution in [0, 0.1) is 5.21 Å². The molecule has 0 atom stereocenters. The van der Waals surface area contributed by atoms with Crippen molar-refractivity contribution < 1.29 is 9.53 Å². The lowest BCUT2D eigenvalue weighted by molar-refractivity contribution is -0.395. The first-order chi connectivity index (χ1) is 2.80. The van der Waals surface area contributed by atoms with Gasteiger partial charge in [0.15, 0.2) is 12.6 Å². The van der Waals surface area contributed by atoms with Gasteiger partial charge in [0, 0.05) is 0 Å². The van der Waals surface area contributed by atoms with E-state index in [1.54, 1.807) is 0 Å². The van der Waals surface area contributed by atoms with E-state index < -0.39 is 0 Å². The van der Waals surface area contributed by atoms with Gasteiger partial charge in [0.1, 0.15) is 0 Å². The second-order valence-electron chi connectivity index (χ2n) is 1.11. The van der Waals surface area contributed by atoms with Gasteiger partial charge in [-0.15, -0.1) is 4.74 Å². The van der Waals surface area contributed by atoms with Crippen LogP contribution in [0.1, 0.15) is 6.42 Å². The quantitative estimate of drug-likeness (QED) is 0.294. The van der Waals surface area contributed by atoms with Crippen LogP contribution in [0.5, 0.6) is 0 Å². The molecule has 1 rings (SSSR count). The largest absolute Gasteiger partial charge is 0.616 e. The molecule has 0 aliphatic carbocycles. The number of hydroxylamine groups is 1. The zero-order chi connectivity index (χ0) is 4.57. The van der Waals surface area contributed by atoms with Crippen molar-refractivity contribution in [2.24, 2.45) is 0 Å². The number of hydrogen-bond donors (Lipinski definition) is 0. The topological polar surface area (TPSA) is 43.1 Å². The SMILES string of the molecule is O=C1CC=[N+]1[O-]. The van der Waals surface area contributed by atoms with Crippen molar-refractivity contribution in [2.45, 2.75) is 6.42 Å². The summed E-state index contributed by atoms with van der Waals surface area (Å²) in [4.78, 5) is 9.81. The van der Waals surface area contributed by atoms with Gasteiger partial charge in [-0.2, -0.15) is 0 Å². The Morgan fingerprint density at radius 1 is 2.00 bits per heavy atom. The molecule has 6 heavy (non-hydrogen) atoms. The maximum atomic E-state index is 9.81. The zero-order valence-corrected chi connectivity index (χ0v) is 3.05. The van der Waals surface area contributed by atoms with Crippen LogP contribution < -0.4 is 0 Å². The van der Waals surface area contributed by atoms with Gasteiger partial charge in [0.05, 0.1) is 0 Å². The van der Waals surface area contributed by atoms with Gasteiger partial charge in [-0.05, 0) is 0 Å². The molecule has 1 aliphatic heterocycles. The molecule has 0 saturated heterocycles. The molecule has 32 valence electrons. The fourth-order valence-corrected chi connectivity index (χ4v) is 0.240. The first kappa shape index (κ1) is 3.33. The molecule has 0 N–H and O–H groups in total. The van der Waals surface area contributed by atoms with Crippen molar-refractivity contribution in [1.29, 1.82) is 0 Å². The van der Waals surface area contributed by atoms with Crippen LogP contribution in [0.4, 0.5) is 0 Å². The predicted molar refractivity (Wildman–Crippen MR) is 19.3 cm³/mol. The van der Waals surface area contributed by atoms with Crippen LogP contribution >= 0.6 is 0 Å². The number of amides is 1. The number of carbonyl (C=O) groups excluding carboxylic acids is 1. The fraction of sp³-hybridized carbons (Fsp3) is 0.333. The Hall–Kier alpha value is -0.860. The smallest absolute Gasteiger partial charge is 0.407 e. The van der Waals surface area contributed by atoms with E-state index in [1.165, 1.54) is 6.21 Å². The maximum Gasteiger partial charge on any atom is 0.407 e. The first-order valence-corrected chi connectivity index (χ1v) is 1.63. The number of hydrogen-bond acceptors (Lipinski definition) is 2. The van der Waals surface area contributed by atoms with Gasteiger partial charge in [-0.25, -0.2) is 4.79 Å². The minimum absolute atomic E-state index is 0.323. The summed E-state index contributed by atoms with van der Waals surface area (Å²) in [6.45, 7) is 0. The van der Waals surface area contributed by atoms with Crippen molar-refractivity contribution in [2.75, 3.05) is 0 Å². The maximum absolute atomic E-state index is 9.81. The van der Waals surface area contributed by atoms with E-state index in [-0.39, 0.29) is 5.91 Å². The Morgan fingerprint density at radius 2 is 2.50 bits per heavy atom. The first-order valence-electron chi connectivity index (χ1n) is 1.63. The monoisotopic (exact) mass is 85.0 g/mol. The van der Waals surface area contributed by atoms with E-state index in [0.717, 1.165) is 0 Å². The van der Waals surface area contributed by atoms with E-state index >= 15 is 0 Å². The summed E-state index contributed by atoms with van der Waals surface area (Å²) in [5.41, 5.74) is 0. The molecule has 1 heterocycles. The van der Waals surface area contributed by atoms with Crippen molar-refractivity contribution in [1.82, 2.24) is 0 Å². The average Bonchev–Trinajstić information content (AvgIpc) is 1.61. The molecule has 0 radical (unpaired) electrons. The highest BCUT2D eigenvalue weighted by molar-refractivity contribution is 5.92. The van der Waals surface area contributed by atoms with Crippen LogP contribution in [0.15, 0.2) is 0 Å². The van der Waals surface area contributed by atoms with Gasteiger partial charge in [0.2, 0.25) is 0 Å². The Bertz CT molecular complexity index is 116. The third-order valence-electron chi connectivity index (χ3n) is 0.678. The molecule has 0 saturated carbocycles. The van der Waals surface area contributed by atoms with Crippen molar-refractivity contribution in [3.63, 3.8) is 0 Å². The summed E-state index contributed by atoms with van der Waals surface area (Å²) in [5.74, 6) is -0.338. The van der Waals surface area contributed by atoms with E-state index in [0.29, 0.717) is 11.2 Å². The highest BCUT2D eigenvalue weighted by atomic mass is 16.5. The molecule has 0 aromatic carbocycles. The van der Waals surface area contributed by atoms with Gasteiger partial charge in [-0.3, -0.25) is 0 Å². The van der Waals surface area contributed by atoms with Crippen molar-refractivity contribution in [3.8, 4) is 0 Å². The molecule has 0 unspecified atom stereocenters. The summed E-state index contributed by atoms with van der Waals surface area (Å²) < 4.78 is 0.333. The summed E-state index contributed by atoms with van der Waals surface area (Å²) in [6, 6.07) is 0. The molecule has 0 fully saturated rings. The molecule has 1 aliphatic rings. The normalized spacial score (nSPS) is 19.3. The molecule has 0 bridgehead atoms. The lowest BCUT2D eigenvalue weighted by Crippen LogP contribution is -2.26. The number of rotatable bonds is 0. The van der Waals surface area contributed by atoms with Crippen LogP contribution in [0.2, 0.25) is 0 Å². The van der Waals surface area contributed by atoms with Gasteiger partial charge in [-0.1, -0.05) is 0 Å². The standard InChI is InChI=1S/C3H3NO2/c5-3-1-2-4(3)6/h2H,1H2. The zero-order valence-electron chi connectivity index (χ0n) is 3.05. The minimum Gasteiger partial charge on any atom is -0.616 e. The van der Waals surface area contributed by atoms with Crippen molar-refractivity contribution >= 4 is 12.1 Å². The molecular weight excluding hydrogens is 82.0 g/mol. The average molecular weight is 85.1 g/mol. The molecule has 3 nitrogen and oxygen atoms in total. The van der Waals surface area contributed by atoms with E-state index in [1.807, 2.05) is 0 Å². The Labute approximate surface area is 34.5 Å². The lowest BCUT2D eigenvalue weighted by atomic mass is 10.3. The summed E-state index contributed by atoms with van der Waals surface area (Å²) in [5, 5.41) is 9.74. The number of nitrogens with zero attached hydrogens (tertiary/aromatic N) is 1. The molecule has 3 heteroatoms. The molecule has 0 aromatic heterocycles. The van der Waals surface area contributed by atoms with E-state index in [4.69, 9.17) is 0 Å². The van der Waals surface area contributed by atoms with Gasteiger partial charge < -0.3 is 5.21 Å². The van der Waals surface area contributed by atoms with Gasteiger partial charge in [0.25, 0.3) is 0 Å². The van der Waals surface area contributed by atoms with E-state index in [2.05, 4.69) is 0 Å². The van der Waals surface area contributed by atoms with Crippen LogP contribution in [-0.2, 0) is 4.79 Å². The van der Waals surface area contributed by atoms with Crippen LogP contribution in [0.3, 0.4) is 0 Å². The van der Waals surface area contributed by atoms with Gasteiger partial charge >= 0.3 is 5.91 Å². The van der Waals surface area contributed by atoms with Crippen LogP contribution in [0.25, 0.3) is 0 Å². The molecule has 1 amide bonds. The highest BCUT2D eigenvalue weighted by Gasteiger charge is 2.19. The summed E-state index contributed by atoms with van der Waals surface area (Å²) >= 11 is 0. The summed E-state index contributed by atoms with van der Waals surface area (Å²) in [6.07, 6.45) is 1.62. The Balaban J connectivity index is 2.75. The molecule has 0 spiro atoms. The lowest BCUT2D eigenvalue weighted by Gasteiger charge is -2.03. The molecule has 0 aromatic rings. The Kier molecular flexibility index (Phi) is 0.445. The minimum atomic E-state index is -0.338. The fourth-order valence-electron chi connectivity index (χ4n) is 0.240. The predicted octanol–water partition coefficient (Wildman–Crippen LogP) is -0.502. The second-order valence-corrected chi connectivity index (χ2v) is 1.11. The third kappa shape index (κ3) is 0.217. The van der Waals surface area contributed by atoms with Crippen molar-refractivity contribution in [3.05, 3.63) is 5.21 Å². The molecular formula is C3H3NO2. The highest BCUT2D eigenvalue weighted by Crippen LogP contribution is 1.89. The number of carbonyl (C=O) groups is 1. The Morgan fingerprint density at radius 3 is 2.50 bits per heavy atom. The second kappa shape index (κ2) is 0.801. The third-order valence-corrected chi connectivity index (χ3v) is 0.678. The van der Waals surface area contributed by atoms with E-state index in [9.17, 15) is 10.0 Å². The van der Waals surface area contributed by atoms with Crippen LogP contribution in [-0.4, -0.2) is 16.9 Å². The summed E-state index contributed by atoms with van der Waals surface area (Å²) in [7, 11) is 0.